The number of hydrogen-bond acceptors (Lipinski definition) is 5. The minimum atomic E-state index is -3.09. The average molecular weight is 286 g/mol. The molecule has 1 rings (SSSR count). The smallest absolute Gasteiger partial charge is 0.255 e. The number of carbonyl (C=O) groups excluding carboxylic acids is 1. The zero-order chi connectivity index (χ0) is 14.5. The maximum absolute atomic E-state index is 11.9. The second-order valence-corrected chi connectivity index (χ2v) is 6.42. The van der Waals surface area contributed by atoms with Crippen LogP contribution in [0.3, 0.4) is 0 Å². The molecular formula is C12H18N2O4S. The number of anilines is 1. The highest BCUT2D eigenvalue weighted by molar-refractivity contribution is 7.91. The monoisotopic (exact) mass is 286 g/mol. The molecule has 0 unspecified atom stereocenters. The molecule has 0 radical (unpaired) electrons. The Hall–Kier alpha value is -1.76. The lowest BCUT2D eigenvalue weighted by atomic mass is 10.1. The first-order valence-corrected chi connectivity index (χ1v) is 7.64. The summed E-state index contributed by atoms with van der Waals surface area (Å²) < 4.78 is 27.7. The van der Waals surface area contributed by atoms with Crippen LogP contribution in [0.25, 0.3) is 0 Å². The lowest BCUT2D eigenvalue weighted by Gasteiger charge is -2.10. The second-order valence-electron chi connectivity index (χ2n) is 3.95. The van der Waals surface area contributed by atoms with Gasteiger partial charge in [-0.1, -0.05) is 6.92 Å². The van der Waals surface area contributed by atoms with Crippen molar-refractivity contribution >= 4 is 21.4 Å². The molecule has 106 valence electrons. The normalized spacial score (nSPS) is 11.1. The van der Waals surface area contributed by atoms with E-state index >= 15 is 0 Å². The van der Waals surface area contributed by atoms with Gasteiger partial charge in [-0.05, 0) is 18.2 Å². The fourth-order valence-corrected chi connectivity index (χ4v) is 2.16. The van der Waals surface area contributed by atoms with Crippen LogP contribution in [0.2, 0.25) is 0 Å². The highest BCUT2D eigenvalue weighted by atomic mass is 32.2. The maximum Gasteiger partial charge on any atom is 0.255 e. The molecule has 0 aliphatic heterocycles. The third-order valence-corrected chi connectivity index (χ3v) is 4.31. The van der Waals surface area contributed by atoms with Gasteiger partial charge in [-0.25, -0.2) is 8.42 Å². The predicted octanol–water partition coefficient (Wildman–Crippen LogP) is 0.442. The second kappa shape index (κ2) is 6.42. The van der Waals surface area contributed by atoms with Crippen LogP contribution >= 0.6 is 0 Å². The van der Waals surface area contributed by atoms with Gasteiger partial charge in [0.25, 0.3) is 5.91 Å². The van der Waals surface area contributed by atoms with Crippen molar-refractivity contribution in [1.82, 2.24) is 5.32 Å². The van der Waals surface area contributed by atoms with Crippen molar-refractivity contribution < 1.29 is 17.9 Å². The SMILES string of the molecule is CCS(=O)(=O)CCNC(=O)c1cc(N)ccc1OC. The number of carbonyl (C=O) groups is 1. The zero-order valence-electron chi connectivity index (χ0n) is 11.0. The van der Waals surface area contributed by atoms with Gasteiger partial charge in [0.15, 0.2) is 9.84 Å². The summed E-state index contributed by atoms with van der Waals surface area (Å²) in [5.74, 6) is -0.0369. The van der Waals surface area contributed by atoms with Crippen LogP contribution in [0.4, 0.5) is 5.69 Å². The molecule has 1 aromatic carbocycles. The van der Waals surface area contributed by atoms with E-state index in [0.717, 1.165) is 0 Å². The van der Waals surface area contributed by atoms with Crippen molar-refractivity contribution in [3.8, 4) is 5.75 Å². The minimum Gasteiger partial charge on any atom is -0.496 e. The van der Waals surface area contributed by atoms with Crippen LogP contribution in [0.15, 0.2) is 18.2 Å². The molecule has 0 aliphatic carbocycles. The summed E-state index contributed by atoms with van der Waals surface area (Å²) in [5.41, 5.74) is 6.33. The van der Waals surface area contributed by atoms with Gasteiger partial charge in [0, 0.05) is 18.0 Å². The number of amides is 1. The van der Waals surface area contributed by atoms with Gasteiger partial charge in [-0.15, -0.1) is 0 Å². The van der Waals surface area contributed by atoms with Crippen LogP contribution < -0.4 is 15.8 Å². The van der Waals surface area contributed by atoms with Crippen molar-refractivity contribution in [2.75, 3.05) is 30.9 Å². The van der Waals surface area contributed by atoms with Crippen molar-refractivity contribution in [1.29, 1.82) is 0 Å². The van der Waals surface area contributed by atoms with Gasteiger partial charge in [-0.2, -0.15) is 0 Å². The van der Waals surface area contributed by atoms with E-state index in [4.69, 9.17) is 10.5 Å². The van der Waals surface area contributed by atoms with Crippen molar-refractivity contribution in [3.63, 3.8) is 0 Å². The topological polar surface area (TPSA) is 98.5 Å². The van der Waals surface area contributed by atoms with Crippen LogP contribution in [-0.2, 0) is 9.84 Å². The van der Waals surface area contributed by atoms with Gasteiger partial charge in [0.1, 0.15) is 5.75 Å². The lowest BCUT2D eigenvalue weighted by Crippen LogP contribution is -2.29. The quantitative estimate of drug-likeness (QED) is 0.739. The van der Waals surface area contributed by atoms with E-state index < -0.39 is 15.7 Å². The van der Waals surface area contributed by atoms with Crippen LogP contribution in [0, 0.1) is 0 Å². The molecule has 0 saturated heterocycles. The van der Waals surface area contributed by atoms with Gasteiger partial charge in [0.2, 0.25) is 0 Å². The number of hydrogen-bond donors (Lipinski definition) is 2. The van der Waals surface area contributed by atoms with E-state index in [1.54, 1.807) is 19.1 Å². The Bertz CT molecular complexity index is 555. The van der Waals surface area contributed by atoms with Gasteiger partial charge < -0.3 is 15.8 Å². The Morgan fingerprint density at radius 2 is 2.11 bits per heavy atom. The van der Waals surface area contributed by atoms with Gasteiger partial charge in [-0.3, -0.25) is 4.79 Å². The van der Waals surface area contributed by atoms with Gasteiger partial charge >= 0.3 is 0 Å². The Morgan fingerprint density at radius 3 is 2.68 bits per heavy atom. The Balaban J connectivity index is 2.71. The zero-order valence-corrected chi connectivity index (χ0v) is 11.8. The number of sulfone groups is 1. The molecule has 0 spiro atoms. The van der Waals surface area contributed by atoms with E-state index in [1.165, 1.54) is 13.2 Å². The average Bonchev–Trinajstić information content (AvgIpc) is 2.38. The molecule has 0 aliphatic rings. The minimum absolute atomic E-state index is 0.0600. The standard InChI is InChI=1S/C12H18N2O4S/c1-3-19(16,17)7-6-14-12(15)10-8-9(13)4-5-11(10)18-2/h4-5,8H,3,6-7,13H2,1-2H3,(H,14,15). The summed E-state index contributed by atoms with van der Waals surface area (Å²) >= 11 is 0. The van der Waals surface area contributed by atoms with E-state index in [-0.39, 0.29) is 23.6 Å². The lowest BCUT2D eigenvalue weighted by molar-refractivity contribution is 0.0953. The first kappa shape index (κ1) is 15.3. The third-order valence-electron chi connectivity index (χ3n) is 2.61. The molecule has 7 heteroatoms. The van der Waals surface area contributed by atoms with Crippen LogP contribution in [-0.4, -0.2) is 39.5 Å². The fourth-order valence-electron chi connectivity index (χ4n) is 1.46. The molecule has 0 aromatic heterocycles. The van der Waals surface area contributed by atoms with E-state index in [9.17, 15) is 13.2 Å². The molecule has 0 bridgehead atoms. The molecule has 19 heavy (non-hydrogen) atoms. The van der Waals surface area contributed by atoms with E-state index in [1.807, 2.05) is 0 Å². The van der Waals surface area contributed by atoms with Crippen LogP contribution in [0.5, 0.6) is 5.75 Å². The highest BCUT2D eigenvalue weighted by Crippen LogP contribution is 2.20. The summed E-state index contributed by atoms with van der Waals surface area (Å²) in [4.78, 5) is 11.9. The van der Waals surface area contributed by atoms with E-state index in [0.29, 0.717) is 11.4 Å². The van der Waals surface area contributed by atoms with Crippen molar-refractivity contribution in [2.24, 2.45) is 0 Å². The Morgan fingerprint density at radius 1 is 1.42 bits per heavy atom. The predicted molar refractivity (Wildman–Crippen MR) is 74.1 cm³/mol. The summed E-state index contributed by atoms with van der Waals surface area (Å²) in [6.45, 7) is 1.63. The van der Waals surface area contributed by atoms with E-state index in [2.05, 4.69) is 5.32 Å². The van der Waals surface area contributed by atoms with Crippen molar-refractivity contribution in [2.45, 2.75) is 6.92 Å². The molecule has 6 nitrogen and oxygen atoms in total. The summed E-state index contributed by atoms with van der Waals surface area (Å²) in [7, 11) is -1.64. The largest absolute Gasteiger partial charge is 0.496 e. The molecule has 3 N–H and O–H groups in total. The number of nitrogens with one attached hydrogen (secondary N) is 1. The number of benzene rings is 1. The Labute approximate surface area is 112 Å². The molecule has 0 atom stereocenters. The number of nitrogens with two attached hydrogens (primary N) is 1. The van der Waals surface area contributed by atoms with Crippen molar-refractivity contribution in [3.05, 3.63) is 23.8 Å². The summed E-state index contributed by atoms with van der Waals surface area (Å²) in [6, 6.07) is 4.70. The third kappa shape index (κ3) is 4.44. The van der Waals surface area contributed by atoms with Gasteiger partial charge in [0.05, 0.1) is 18.4 Å². The molecule has 1 amide bonds. The number of ether oxygens (including phenoxy) is 1. The highest BCUT2D eigenvalue weighted by Gasteiger charge is 2.14. The fraction of sp³-hybridized carbons (Fsp3) is 0.417. The molecular weight excluding hydrogens is 268 g/mol. The number of methoxy groups -OCH3 is 1. The first-order valence-electron chi connectivity index (χ1n) is 5.81. The summed E-state index contributed by atoms with van der Waals surface area (Å²) in [5, 5.41) is 2.54. The van der Waals surface area contributed by atoms with Crippen LogP contribution in [0.1, 0.15) is 17.3 Å². The molecule has 0 saturated carbocycles. The Kier molecular flexibility index (Phi) is 5.17. The maximum atomic E-state index is 11.9. The molecule has 0 heterocycles. The number of nitrogen functional groups attached to an aromatic ring is 1. The molecule has 1 aromatic rings. The summed E-state index contributed by atoms with van der Waals surface area (Å²) in [6.07, 6.45) is 0. The number of rotatable bonds is 6. The first-order chi connectivity index (χ1) is 8.89. The molecule has 0 fully saturated rings.